The number of esters is 1. The predicted molar refractivity (Wildman–Crippen MR) is 83.5 cm³/mol. The van der Waals surface area contributed by atoms with E-state index in [9.17, 15) is 9.59 Å². The molecule has 1 aromatic carbocycles. The highest BCUT2D eigenvalue weighted by molar-refractivity contribution is 6.43. The molecule has 0 unspecified atom stereocenters. The molecule has 0 bridgehead atoms. The normalized spacial score (nSPS) is 16.0. The molecule has 0 atom stereocenters. The lowest BCUT2D eigenvalue weighted by atomic mass is 10.1. The number of halogens is 2. The third-order valence-electron chi connectivity index (χ3n) is 3.46. The zero-order valence-corrected chi connectivity index (χ0v) is 13.2. The SMILES string of the molecule is CC(=O)C(=Cc1cccc(Cl)c1Cl)C(=O)OC1CCCC1. The van der Waals surface area contributed by atoms with Crippen molar-refractivity contribution in [2.24, 2.45) is 0 Å². The molecule has 1 aromatic rings. The molecule has 0 aliphatic heterocycles. The Morgan fingerprint density at radius 2 is 1.90 bits per heavy atom. The fourth-order valence-electron chi connectivity index (χ4n) is 2.31. The first-order chi connectivity index (χ1) is 9.99. The number of hydrogen-bond donors (Lipinski definition) is 0. The number of hydrogen-bond acceptors (Lipinski definition) is 3. The Morgan fingerprint density at radius 1 is 1.24 bits per heavy atom. The zero-order chi connectivity index (χ0) is 15.4. The molecule has 21 heavy (non-hydrogen) atoms. The lowest BCUT2D eigenvalue weighted by Crippen LogP contribution is -2.19. The predicted octanol–water partition coefficient (Wildman–Crippen LogP) is 4.45. The first kappa shape index (κ1) is 16.1. The lowest BCUT2D eigenvalue weighted by Gasteiger charge is -2.12. The van der Waals surface area contributed by atoms with Crippen LogP contribution in [0.2, 0.25) is 10.0 Å². The zero-order valence-electron chi connectivity index (χ0n) is 11.7. The smallest absolute Gasteiger partial charge is 0.342 e. The van der Waals surface area contributed by atoms with Gasteiger partial charge in [0.2, 0.25) is 0 Å². The van der Waals surface area contributed by atoms with E-state index in [4.69, 9.17) is 27.9 Å². The number of ketones is 1. The second-order valence-corrected chi connectivity index (χ2v) is 5.85. The average Bonchev–Trinajstić information content (AvgIpc) is 2.92. The van der Waals surface area contributed by atoms with Crippen LogP contribution in [0.4, 0.5) is 0 Å². The van der Waals surface area contributed by atoms with Gasteiger partial charge in [-0.3, -0.25) is 4.79 Å². The van der Waals surface area contributed by atoms with Crippen LogP contribution < -0.4 is 0 Å². The number of ether oxygens (including phenoxy) is 1. The minimum absolute atomic E-state index is 0.00827. The van der Waals surface area contributed by atoms with Crippen molar-refractivity contribution in [2.75, 3.05) is 0 Å². The van der Waals surface area contributed by atoms with E-state index < -0.39 is 5.97 Å². The van der Waals surface area contributed by atoms with E-state index >= 15 is 0 Å². The highest BCUT2D eigenvalue weighted by atomic mass is 35.5. The Bertz CT molecular complexity index is 587. The fraction of sp³-hybridized carbons (Fsp3) is 0.375. The Hall–Kier alpha value is -1.32. The fourth-order valence-corrected chi connectivity index (χ4v) is 2.68. The minimum atomic E-state index is -0.592. The lowest BCUT2D eigenvalue weighted by molar-refractivity contribution is -0.144. The van der Waals surface area contributed by atoms with Crippen molar-refractivity contribution in [2.45, 2.75) is 38.7 Å². The van der Waals surface area contributed by atoms with Crippen molar-refractivity contribution in [3.8, 4) is 0 Å². The van der Waals surface area contributed by atoms with Gasteiger partial charge in [-0.1, -0.05) is 35.3 Å². The van der Waals surface area contributed by atoms with Crippen LogP contribution in [0.25, 0.3) is 6.08 Å². The van der Waals surface area contributed by atoms with E-state index in [-0.39, 0.29) is 17.5 Å². The molecule has 0 amide bonds. The summed E-state index contributed by atoms with van der Waals surface area (Å²) in [7, 11) is 0. The van der Waals surface area contributed by atoms with Gasteiger partial charge >= 0.3 is 5.97 Å². The van der Waals surface area contributed by atoms with Crippen LogP contribution in [0.3, 0.4) is 0 Å². The third kappa shape index (κ3) is 4.08. The van der Waals surface area contributed by atoms with Gasteiger partial charge < -0.3 is 4.74 Å². The molecule has 1 aliphatic carbocycles. The van der Waals surface area contributed by atoms with Gasteiger partial charge in [0.05, 0.1) is 10.0 Å². The quantitative estimate of drug-likeness (QED) is 0.355. The molecule has 3 nitrogen and oxygen atoms in total. The molecular weight excluding hydrogens is 311 g/mol. The number of carbonyl (C=O) groups is 2. The summed E-state index contributed by atoms with van der Waals surface area (Å²) in [5.41, 5.74) is 0.517. The molecule has 1 fully saturated rings. The number of Topliss-reactive ketones (excluding diaryl/α,β-unsaturated/α-hetero) is 1. The molecular formula is C16H16Cl2O3. The highest BCUT2D eigenvalue weighted by Gasteiger charge is 2.23. The van der Waals surface area contributed by atoms with Gasteiger partial charge in [0, 0.05) is 0 Å². The molecule has 1 aliphatic rings. The van der Waals surface area contributed by atoms with Crippen molar-refractivity contribution in [3.63, 3.8) is 0 Å². The Kier molecular flexibility index (Phi) is 5.43. The number of rotatable bonds is 4. The van der Waals surface area contributed by atoms with E-state index in [0.29, 0.717) is 15.6 Å². The molecule has 112 valence electrons. The van der Waals surface area contributed by atoms with Crippen LogP contribution in [0.1, 0.15) is 38.2 Å². The topological polar surface area (TPSA) is 43.4 Å². The standard InChI is InChI=1S/C16H16Cl2O3/c1-10(19)13(16(20)21-12-6-2-3-7-12)9-11-5-4-8-14(17)15(11)18/h4-5,8-9,12H,2-3,6-7H2,1H3. The summed E-state index contributed by atoms with van der Waals surface area (Å²) in [6.07, 6.45) is 5.17. The molecule has 0 spiro atoms. The number of benzene rings is 1. The van der Waals surface area contributed by atoms with E-state index in [1.54, 1.807) is 18.2 Å². The molecule has 0 aromatic heterocycles. The maximum absolute atomic E-state index is 12.2. The summed E-state index contributed by atoms with van der Waals surface area (Å²) in [5.74, 6) is -0.945. The Balaban J connectivity index is 2.25. The summed E-state index contributed by atoms with van der Waals surface area (Å²) in [6, 6.07) is 5.05. The first-order valence-corrected chi connectivity index (χ1v) is 7.62. The molecule has 2 rings (SSSR count). The van der Waals surface area contributed by atoms with Gasteiger partial charge in [-0.2, -0.15) is 0 Å². The largest absolute Gasteiger partial charge is 0.459 e. The van der Waals surface area contributed by atoms with Crippen LogP contribution in [-0.4, -0.2) is 17.9 Å². The maximum atomic E-state index is 12.2. The van der Waals surface area contributed by atoms with Crippen LogP contribution >= 0.6 is 23.2 Å². The maximum Gasteiger partial charge on any atom is 0.342 e. The van der Waals surface area contributed by atoms with Crippen molar-refractivity contribution in [1.29, 1.82) is 0 Å². The summed E-state index contributed by atoms with van der Waals surface area (Å²) < 4.78 is 5.37. The first-order valence-electron chi connectivity index (χ1n) is 6.86. The van der Waals surface area contributed by atoms with E-state index in [2.05, 4.69) is 0 Å². The van der Waals surface area contributed by atoms with Crippen molar-refractivity contribution in [3.05, 3.63) is 39.4 Å². The summed E-state index contributed by atoms with van der Waals surface area (Å²) >= 11 is 12.0. The summed E-state index contributed by atoms with van der Waals surface area (Å²) in [6.45, 7) is 1.33. The summed E-state index contributed by atoms with van der Waals surface area (Å²) in [5, 5.41) is 0.684. The molecule has 0 N–H and O–H groups in total. The van der Waals surface area contributed by atoms with Crippen LogP contribution in [0.5, 0.6) is 0 Å². The molecule has 0 heterocycles. The van der Waals surface area contributed by atoms with E-state index in [0.717, 1.165) is 25.7 Å². The van der Waals surface area contributed by atoms with Crippen LogP contribution in [0, 0.1) is 0 Å². The molecule has 1 saturated carbocycles. The van der Waals surface area contributed by atoms with Crippen LogP contribution in [-0.2, 0) is 14.3 Å². The average molecular weight is 327 g/mol. The van der Waals surface area contributed by atoms with Crippen LogP contribution in [0.15, 0.2) is 23.8 Å². The number of carbonyl (C=O) groups excluding carboxylic acids is 2. The van der Waals surface area contributed by atoms with Gasteiger partial charge in [0.1, 0.15) is 11.7 Å². The Labute approximate surface area is 133 Å². The van der Waals surface area contributed by atoms with Crippen molar-refractivity contribution >= 4 is 41.0 Å². The molecule has 0 radical (unpaired) electrons. The van der Waals surface area contributed by atoms with Gasteiger partial charge in [0.25, 0.3) is 0 Å². The molecule has 5 heteroatoms. The van der Waals surface area contributed by atoms with E-state index in [1.807, 2.05) is 0 Å². The van der Waals surface area contributed by atoms with Gasteiger partial charge in [0.15, 0.2) is 5.78 Å². The van der Waals surface area contributed by atoms with Crippen molar-refractivity contribution in [1.82, 2.24) is 0 Å². The molecule has 0 saturated heterocycles. The van der Waals surface area contributed by atoms with E-state index in [1.165, 1.54) is 13.0 Å². The minimum Gasteiger partial charge on any atom is -0.459 e. The van der Waals surface area contributed by atoms with Gasteiger partial charge in [-0.25, -0.2) is 4.79 Å². The highest BCUT2D eigenvalue weighted by Crippen LogP contribution is 2.28. The van der Waals surface area contributed by atoms with Crippen molar-refractivity contribution < 1.29 is 14.3 Å². The second-order valence-electron chi connectivity index (χ2n) is 5.07. The Morgan fingerprint density at radius 3 is 2.52 bits per heavy atom. The third-order valence-corrected chi connectivity index (χ3v) is 4.29. The second kappa shape index (κ2) is 7.10. The van der Waals surface area contributed by atoms with Gasteiger partial charge in [-0.05, 0) is 50.3 Å². The van der Waals surface area contributed by atoms with Gasteiger partial charge in [-0.15, -0.1) is 0 Å². The summed E-state index contributed by atoms with van der Waals surface area (Å²) in [4.78, 5) is 23.9. The monoisotopic (exact) mass is 326 g/mol.